The number of hydrazine groups is 1. The minimum absolute atomic E-state index is 0.289. The van der Waals surface area contributed by atoms with Crippen LogP contribution in [0, 0.1) is 11.3 Å². The molecule has 0 atom stereocenters. The number of nitrogens with zero attached hydrogens (tertiary/aromatic N) is 1. The molecule has 3 aromatic carbocycles. The second kappa shape index (κ2) is 8.88. The molecule has 2 amide bonds. The number of hydrogen-bond acceptors (Lipinski definition) is 6. The maximum Gasteiger partial charge on any atom is 0.276 e. The van der Waals surface area contributed by atoms with Crippen LogP contribution in [-0.2, 0) is 9.59 Å². The van der Waals surface area contributed by atoms with Crippen LogP contribution >= 0.6 is 0 Å². The fraction of sp³-hybridized carbons (Fsp3) is 0.0870. The first-order chi connectivity index (χ1) is 15.1. The summed E-state index contributed by atoms with van der Waals surface area (Å²) in [5.41, 5.74) is 6.30. The first kappa shape index (κ1) is 19.8. The van der Waals surface area contributed by atoms with E-state index in [9.17, 15) is 9.59 Å². The number of carbonyl (C=O) groups is 2. The molecule has 1 aromatic heterocycles. The molecule has 0 unspecified atom stereocenters. The number of nitriles is 1. The van der Waals surface area contributed by atoms with Crippen molar-refractivity contribution in [3.05, 3.63) is 72.3 Å². The summed E-state index contributed by atoms with van der Waals surface area (Å²) in [5, 5.41) is 10.8. The predicted molar refractivity (Wildman–Crippen MR) is 112 cm³/mol. The van der Waals surface area contributed by atoms with Gasteiger partial charge in [0.25, 0.3) is 11.8 Å². The van der Waals surface area contributed by atoms with Gasteiger partial charge in [0.05, 0.1) is 5.56 Å². The summed E-state index contributed by atoms with van der Waals surface area (Å²) in [6.45, 7) is -0.649. The molecule has 0 saturated carbocycles. The van der Waals surface area contributed by atoms with Gasteiger partial charge in [-0.25, -0.2) is 0 Å². The highest BCUT2D eigenvalue weighted by Gasteiger charge is 2.10. The minimum Gasteiger partial charge on any atom is -0.484 e. The number of ether oxygens (including phenoxy) is 2. The van der Waals surface area contributed by atoms with E-state index in [1.165, 1.54) is 0 Å². The maximum absolute atomic E-state index is 12.0. The zero-order valence-electron chi connectivity index (χ0n) is 16.3. The van der Waals surface area contributed by atoms with Crippen LogP contribution in [0.15, 0.2) is 71.1 Å². The zero-order chi connectivity index (χ0) is 21.6. The van der Waals surface area contributed by atoms with Crippen LogP contribution in [-0.4, -0.2) is 25.0 Å². The highest BCUT2D eigenvalue weighted by molar-refractivity contribution is 6.05. The number of benzene rings is 3. The van der Waals surface area contributed by atoms with E-state index in [0.717, 1.165) is 21.9 Å². The molecule has 0 spiro atoms. The van der Waals surface area contributed by atoms with Crippen molar-refractivity contribution in [2.75, 3.05) is 13.2 Å². The SMILES string of the molecule is N#Cc1ccccc1OCC(=O)NNC(=O)COc1ccc2oc3ccccc3c2c1. The van der Waals surface area contributed by atoms with Crippen molar-refractivity contribution in [3.63, 3.8) is 0 Å². The van der Waals surface area contributed by atoms with E-state index in [0.29, 0.717) is 11.3 Å². The molecular formula is C23H17N3O5. The topological polar surface area (TPSA) is 114 Å². The van der Waals surface area contributed by atoms with Crippen LogP contribution in [0.2, 0.25) is 0 Å². The number of nitrogens with one attached hydrogen (secondary N) is 2. The van der Waals surface area contributed by atoms with E-state index in [4.69, 9.17) is 19.2 Å². The van der Waals surface area contributed by atoms with Gasteiger partial charge >= 0.3 is 0 Å². The van der Waals surface area contributed by atoms with Gasteiger partial charge in [-0.3, -0.25) is 20.4 Å². The lowest BCUT2D eigenvalue weighted by Gasteiger charge is -2.10. The van der Waals surface area contributed by atoms with E-state index in [1.807, 2.05) is 30.3 Å². The maximum atomic E-state index is 12.0. The highest BCUT2D eigenvalue weighted by atomic mass is 16.5. The molecule has 1 heterocycles. The number of hydrogen-bond donors (Lipinski definition) is 2. The van der Waals surface area contributed by atoms with Gasteiger partial charge in [-0.2, -0.15) is 5.26 Å². The minimum atomic E-state index is -0.577. The Morgan fingerprint density at radius 1 is 0.839 bits per heavy atom. The summed E-state index contributed by atoms with van der Waals surface area (Å²) in [4.78, 5) is 23.8. The largest absolute Gasteiger partial charge is 0.484 e. The predicted octanol–water partition coefficient (Wildman–Crippen LogP) is 3.06. The normalized spacial score (nSPS) is 10.4. The Morgan fingerprint density at radius 2 is 1.52 bits per heavy atom. The molecule has 2 N–H and O–H groups in total. The van der Waals surface area contributed by atoms with Crippen molar-refractivity contribution in [2.24, 2.45) is 0 Å². The summed E-state index contributed by atoms with van der Waals surface area (Å²) in [5.74, 6) is -0.329. The fourth-order valence-corrected chi connectivity index (χ4v) is 2.98. The van der Waals surface area contributed by atoms with Crippen molar-refractivity contribution >= 4 is 33.8 Å². The Bertz CT molecular complexity index is 1310. The second-order valence-corrected chi connectivity index (χ2v) is 6.54. The zero-order valence-corrected chi connectivity index (χ0v) is 16.3. The Balaban J connectivity index is 1.27. The lowest BCUT2D eigenvalue weighted by Crippen LogP contribution is -2.45. The highest BCUT2D eigenvalue weighted by Crippen LogP contribution is 2.31. The van der Waals surface area contributed by atoms with Crippen molar-refractivity contribution in [2.45, 2.75) is 0 Å². The quantitative estimate of drug-likeness (QED) is 0.468. The standard InChI is InChI=1S/C23H17N3O5/c24-12-15-5-1-3-7-19(15)30-14-23(28)26-25-22(27)13-29-16-9-10-21-18(11-16)17-6-2-4-8-20(17)31-21/h1-11H,13-14H2,(H,25,27)(H,26,28). The number of fused-ring (bicyclic) bond motifs is 3. The van der Waals surface area contributed by atoms with Crippen LogP contribution in [0.5, 0.6) is 11.5 Å². The third-order valence-corrected chi connectivity index (χ3v) is 4.43. The van der Waals surface area contributed by atoms with E-state index < -0.39 is 11.8 Å². The molecular weight excluding hydrogens is 398 g/mol. The molecule has 0 aliphatic rings. The summed E-state index contributed by atoms with van der Waals surface area (Å²) in [7, 11) is 0. The summed E-state index contributed by atoms with van der Waals surface area (Å²) >= 11 is 0. The van der Waals surface area contributed by atoms with Crippen molar-refractivity contribution in [3.8, 4) is 17.6 Å². The van der Waals surface area contributed by atoms with Crippen LogP contribution in [0.25, 0.3) is 21.9 Å². The number of para-hydroxylation sites is 2. The molecule has 8 nitrogen and oxygen atoms in total. The molecule has 0 aliphatic heterocycles. The van der Waals surface area contributed by atoms with Gasteiger partial charge in [-0.1, -0.05) is 30.3 Å². The molecule has 4 rings (SSSR count). The monoisotopic (exact) mass is 415 g/mol. The molecule has 0 radical (unpaired) electrons. The van der Waals surface area contributed by atoms with Crippen LogP contribution in [0.4, 0.5) is 0 Å². The van der Waals surface area contributed by atoms with E-state index in [-0.39, 0.29) is 19.0 Å². The Kier molecular flexibility index (Phi) is 5.67. The average molecular weight is 415 g/mol. The number of rotatable bonds is 6. The molecule has 0 fully saturated rings. The van der Waals surface area contributed by atoms with Gasteiger partial charge in [-0.15, -0.1) is 0 Å². The van der Waals surface area contributed by atoms with Gasteiger partial charge < -0.3 is 13.9 Å². The van der Waals surface area contributed by atoms with Gasteiger partial charge in [0.1, 0.15) is 28.7 Å². The van der Waals surface area contributed by atoms with Crippen molar-refractivity contribution in [1.82, 2.24) is 10.9 Å². The van der Waals surface area contributed by atoms with Gasteiger partial charge in [0, 0.05) is 10.8 Å². The van der Waals surface area contributed by atoms with Gasteiger partial charge in [0.2, 0.25) is 0 Å². The van der Waals surface area contributed by atoms with Crippen LogP contribution < -0.4 is 20.3 Å². The molecule has 0 aliphatic carbocycles. The number of furan rings is 1. The molecule has 31 heavy (non-hydrogen) atoms. The van der Waals surface area contributed by atoms with Crippen molar-refractivity contribution < 1.29 is 23.5 Å². The van der Waals surface area contributed by atoms with Crippen molar-refractivity contribution in [1.29, 1.82) is 5.26 Å². The van der Waals surface area contributed by atoms with Gasteiger partial charge in [0.15, 0.2) is 13.2 Å². The molecule has 0 saturated heterocycles. The first-order valence-corrected chi connectivity index (χ1v) is 9.38. The lowest BCUT2D eigenvalue weighted by molar-refractivity contribution is -0.131. The number of carbonyl (C=O) groups excluding carboxylic acids is 2. The van der Waals surface area contributed by atoms with Crippen LogP contribution in [0.1, 0.15) is 5.56 Å². The third kappa shape index (κ3) is 4.57. The Labute approximate surface area is 176 Å². The third-order valence-electron chi connectivity index (χ3n) is 4.43. The Morgan fingerprint density at radius 3 is 2.32 bits per heavy atom. The summed E-state index contributed by atoms with van der Waals surface area (Å²) in [6.07, 6.45) is 0. The summed E-state index contributed by atoms with van der Waals surface area (Å²) in [6, 6.07) is 21.4. The fourth-order valence-electron chi connectivity index (χ4n) is 2.98. The molecule has 154 valence electrons. The summed E-state index contributed by atoms with van der Waals surface area (Å²) < 4.78 is 16.6. The molecule has 0 bridgehead atoms. The lowest BCUT2D eigenvalue weighted by atomic mass is 10.1. The van der Waals surface area contributed by atoms with E-state index >= 15 is 0 Å². The van der Waals surface area contributed by atoms with E-state index in [1.54, 1.807) is 42.5 Å². The van der Waals surface area contributed by atoms with E-state index in [2.05, 4.69) is 10.9 Å². The molecule has 4 aromatic rings. The average Bonchev–Trinajstić information content (AvgIpc) is 3.18. The Hall–Kier alpha value is -4.51. The second-order valence-electron chi connectivity index (χ2n) is 6.54. The van der Waals surface area contributed by atoms with Crippen LogP contribution in [0.3, 0.4) is 0 Å². The van der Waals surface area contributed by atoms with Gasteiger partial charge in [-0.05, 0) is 36.4 Å². The molecule has 8 heteroatoms. The number of amides is 2. The smallest absolute Gasteiger partial charge is 0.276 e. The first-order valence-electron chi connectivity index (χ1n) is 9.38.